The molecule has 1 heterocycles. The highest BCUT2D eigenvalue weighted by molar-refractivity contribution is 6.33. The van der Waals surface area contributed by atoms with Crippen LogP contribution in [0.5, 0.6) is 0 Å². The average Bonchev–Trinajstić information content (AvgIpc) is 2.61. The Labute approximate surface area is 105 Å². The lowest BCUT2D eigenvalue weighted by Gasteiger charge is -2.04. The molecule has 0 fully saturated rings. The normalized spacial score (nSPS) is 10.7. The van der Waals surface area contributed by atoms with Crippen LogP contribution in [0.2, 0.25) is 10.2 Å². The lowest BCUT2D eigenvalue weighted by molar-refractivity contribution is 0.807. The molecule has 2 aromatic rings. The number of hydrogen-bond donors (Lipinski definition) is 0. The topological polar surface area (TPSA) is 17.8 Å². The van der Waals surface area contributed by atoms with E-state index in [2.05, 4.69) is 12.0 Å². The number of hydrogen-bond acceptors (Lipinski definition) is 1. The van der Waals surface area contributed by atoms with Crippen molar-refractivity contribution in [2.75, 3.05) is 0 Å². The van der Waals surface area contributed by atoms with Gasteiger partial charge in [0, 0.05) is 0 Å². The second-order valence-corrected chi connectivity index (χ2v) is 4.37. The molecule has 0 N–H and O–H groups in total. The van der Waals surface area contributed by atoms with Gasteiger partial charge in [-0.25, -0.2) is 4.68 Å². The van der Waals surface area contributed by atoms with Crippen molar-refractivity contribution in [1.29, 1.82) is 0 Å². The van der Waals surface area contributed by atoms with Crippen LogP contribution in [0.1, 0.15) is 19.0 Å². The quantitative estimate of drug-likeness (QED) is 0.806. The van der Waals surface area contributed by atoms with Crippen molar-refractivity contribution < 1.29 is 0 Å². The van der Waals surface area contributed by atoms with E-state index < -0.39 is 0 Å². The highest BCUT2D eigenvalue weighted by atomic mass is 35.5. The van der Waals surface area contributed by atoms with E-state index in [9.17, 15) is 0 Å². The molecular weight excluding hydrogens is 243 g/mol. The fourth-order valence-electron chi connectivity index (χ4n) is 1.57. The number of benzene rings is 1. The van der Waals surface area contributed by atoms with Crippen LogP contribution in [-0.2, 0) is 6.42 Å². The van der Waals surface area contributed by atoms with Crippen molar-refractivity contribution in [1.82, 2.24) is 9.78 Å². The van der Waals surface area contributed by atoms with Gasteiger partial charge in [0.2, 0.25) is 0 Å². The summed E-state index contributed by atoms with van der Waals surface area (Å²) in [5.41, 5.74) is 1.81. The summed E-state index contributed by atoms with van der Waals surface area (Å²) in [6.07, 6.45) is 1.98. The smallest absolute Gasteiger partial charge is 0.133 e. The molecule has 0 atom stereocenters. The molecule has 0 amide bonds. The van der Waals surface area contributed by atoms with Gasteiger partial charge in [0.15, 0.2) is 0 Å². The first-order valence-electron chi connectivity index (χ1n) is 5.21. The summed E-state index contributed by atoms with van der Waals surface area (Å²) < 4.78 is 1.68. The van der Waals surface area contributed by atoms with Gasteiger partial charge in [-0.1, -0.05) is 48.7 Å². The first-order chi connectivity index (χ1) is 7.72. The third-order valence-electron chi connectivity index (χ3n) is 2.30. The van der Waals surface area contributed by atoms with Gasteiger partial charge in [-0.05, 0) is 24.6 Å². The van der Waals surface area contributed by atoms with Gasteiger partial charge in [-0.2, -0.15) is 5.10 Å². The number of halogens is 2. The molecule has 2 nitrogen and oxygen atoms in total. The fraction of sp³-hybridized carbons (Fsp3) is 0.250. The third-order valence-corrected chi connectivity index (χ3v) is 2.89. The zero-order valence-corrected chi connectivity index (χ0v) is 10.5. The fourth-order valence-corrected chi connectivity index (χ4v) is 2.05. The van der Waals surface area contributed by atoms with E-state index in [0.29, 0.717) is 10.2 Å². The molecule has 4 heteroatoms. The predicted molar refractivity (Wildman–Crippen MR) is 67.6 cm³/mol. The molecule has 0 aliphatic carbocycles. The summed E-state index contributed by atoms with van der Waals surface area (Å²) in [4.78, 5) is 0. The van der Waals surface area contributed by atoms with Gasteiger partial charge >= 0.3 is 0 Å². The molecule has 16 heavy (non-hydrogen) atoms. The highest BCUT2D eigenvalue weighted by Gasteiger charge is 2.09. The Morgan fingerprint density at radius 2 is 2.00 bits per heavy atom. The number of aryl methyl sites for hydroxylation is 1. The minimum Gasteiger partial charge on any atom is -0.220 e. The van der Waals surface area contributed by atoms with E-state index in [4.69, 9.17) is 23.2 Å². The molecule has 2 rings (SSSR count). The van der Waals surface area contributed by atoms with Crippen LogP contribution in [0.15, 0.2) is 30.3 Å². The maximum atomic E-state index is 6.13. The minimum atomic E-state index is 0.594. The van der Waals surface area contributed by atoms with Gasteiger partial charge < -0.3 is 0 Å². The Hall–Kier alpha value is -0.990. The van der Waals surface area contributed by atoms with Crippen molar-refractivity contribution in [3.05, 3.63) is 46.2 Å². The molecule has 0 radical (unpaired) electrons. The molecule has 0 aliphatic rings. The summed E-state index contributed by atoms with van der Waals surface area (Å²) in [5, 5.41) is 5.67. The van der Waals surface area contributed by atoms with Crippen molar-refractivity contribution in [2.24, 2.45) is 0 Å². The highest BCUT2D eigenvalue weighted by Crippen LogP contribution is 2.24. The SMILES string of the molecule is CCCc1cc(Cl)n(-c2ccccc2Cl)n1. The van der Waals surface area contributed by atoms with Crippen LogP contribution in [0.25, 0.3) is 5.69 Å². The lowest BCUT2D eigenvalue weighted by Crippen LogP contribution is -1.98. The summed E-state index contributed by atoms with van der Waals surface area (Å²) in [6, 6.07) is 9.41. The molecule has 0 spiro atoms. The molecular formula is C12H12Cl2N2. The number of para-hydroxylation sites is 1. The molecule has 0 aliphatic heterocycles. The standard InChI is InChI=1S/C12H12Cl2N2/c1-2-5-9-8-12(14)16(15-9)11-7-4-3-6-10(11)13/h3-4,6-8H,2,5H2,1H3. The maximum absolute atomic E-state index is 6.13. The van der Waals surface area contributed by atoms with Gasteiger partial charge in [0.05, 0.1) is 16.4 Å². The Kier molecular flexibility index (Phi) is 3.52. The summed E-state index contributed by atoms with van der Waals surface area (Å²) >= 11 is 12.2. The largest absolute Gasteiger partial charge is 0.220 e. The molecule has 0 unspecified atom stereocenters. The molecule has 1 aromatic carbocycles. The second-order valence-electron chi connectivity index (χ2n) is 3.57. The van der Waals surface area contributed by atoms with E-state index in [1.807, 2.05) is 30.3 Å². The first kappa shape index (κ1) is 11.5. The summed E-state index contributed by atoms with van der Waals surface area (Å²) in [5.74, 6) is 0. The number of rotatable bonds is 3. The van der Waals surface area contributed by atoms with Gasteiger partial charge in [0.25, 0.3) is 0 Å². The molecule has 84 valence electrons. The second kappa shape index (κ2) is 4.89. The van der Waals surface area contributed by atoms with E-state index in [1.54, 1.807) is 4.68 Å². The first-order valence-corrected chi connectivity index (χ1v) is 5.97. The number of aromatic nitrogens is 2. The van der Waals surface area contributed by atoms with Crippen LogP contribution in [0.3, 0.4) is 0 Å². The molecule has 0 saturated heterocycles. The van der Waals surface area contributed by atoms with Crippen LogP contribution < -0.4 is 0 Å². The lowest BCUT2D eigenvalue weighted by atomic mass is 10.3. The van der Waals surface area contributed by atoms with Gasteiger partial charge in [-0.3, -0.25) is 0 Å². The van der Waals surface area contributed by atoms with Crippen LogP contribution >= 0.6 is 23.2 Å². The van der Waals surface area contributed by atoms with Crippen LogP contribution in [-0.4, -0.2) is 9.78 Å². The maximum Gasteiger partial charge on any atom is 0.133 e. The summed E-state index contributed by atoms with van der Waals surface area (Å²) in [6.45, 7) is 2.11. The number of nitrogens with zero attached hydrogens (tertiary/aromatic N) is 2. The van der Waals surface area contributed by atoms with E-state index >= 15 is 0 Å². The molecule has 1 aromatic heterocycles. The monoisotopic (exact) mass is 254 g/mol. The molecule has 0 bridgehead atoms. The minimum absolute atomic E-state index is 0.594. The average molecular weight is 255 g/mol. The van der Waals surface area contributed by atoms with E-state index in [0.717, 1.165) is 24.2 Å². The predicted octanol–water partition coefficient (Wildman–Crippen LogP) is 4.13. The van der Waals surface area contributed by atoms with Crippen molar-refractivity contribution in [2.45, 2.75) is 19.8 Å². The van der Waals surface area contributed by atoms with E-state index in [1.165, 1.54) is 0 Å². The molecule has 0 saturated carbocycles. The van der Waals surface area contributed by atoms with E-state index in [-0.39, 0.29) is 0 Å². The Bertz CT molecular complexity index is 492. The Morgan fingerprint density at radius 1 is 1.25 bits per heavy atom. The third kappa shape index (κ3) is 2.23. The summed E-state index contributed by atoms with van der Waals surface area (Å²) in [7, 11) is 0. The Morgan fingerprint density at radius 3 is 2.69 bits per heavy atom. The van der Waals surface area contributed by atoms with Crippen molar-refractivity contribution in [3.63, 3.8) is 0 Å². The van der Waals surface area contributed by atoms with Crippen molar-refractivity contribution in [3.8, 4) is 5.69 Å². The zero-order valence-electron chi connectivity index (χ0n) is 8.95. The van der Waals surface area contributed by atoms with Crippen molar-refractivity contribution >= 4 is 23.2 Å². The zero-order chi connectivity index (χ0) is 11.5. The van der Waals surface area contributed by atoms with Gasteiger partial charge in [-0.15, -0.1) is 0 Å². The van der Waals surface area contributed by atoms with Crippen LogP contribution in [0.4, 0.5) is 0 Å². The van der Waals surface area contributed by atoms with Gasteiger partial charge in [0.1, 0.15) is 5.15 Å². The Balaban J connectivity index is 2.44. The van der Waals surface area contributed by atoms with Crippen LogP contribution in [0, 0.1) is 0 Å².